The summed E-state index contributed by atoms with van der Waals surface area (Å²) >= 11 is 1.29. The number of allylic oxidation sites excluding steroid dienone is 1. The number of fused-ring (bicyclic) bond motifs is 1. The zero-order valence-corrected chi connectivity index (χ0v) is 21.3. The molecule has 2 aromatic carbocycles. The molecule has 0 saturated heterocycles. The number of aromatic nitrogens is 1. The number of ether oxygens (including phenoxy) is 3. The van der Waals surface area contributed by atoms with Crippen molar-refractivity contribution < 1.29 is 19.0 Å². The zero-order chi connectivity index (χ0) is 25.7. The average Bonchev–Trinajstić information content (AvgIpc) is 3.17. The van der Waals surface area contributed by atoms with Gasteiger partial charge in [0.1, 0.15) is 6.61 Å². The first kappa shape index (κ1) is 25.2. The molecule has 0 bridgehead atoms. The van der Waals surface area contributed by atoms with Crippen molar-refractivity contribution in [2.75, 3.05) is 19.8 Å². The maximum Gasteiger partial charge on any atom is 0.338 e. The average molecular weight is 505 g/mol. The summed E-state index contributed by atoms with van der Waals surface area (Å²) in [6, 6.07) is 14.3. The van der Waals surface area contributed by atoms with Crippen LogP contribution >= 0.6 is 11.3 Å². The highest BCUT2D eigenvalue weighted by Crippen LogP contribution is 2.36. The molecule has 8 heteroatoms. The predicted octanol–water partition coefficient (Wildman–Crippen LogP) is 3.76. The summed E-state index contributed by atoms with van der Waals surface area (Å²) in [6.45, 7) is 10.0. The molecule has 0 amide bonds. The molecule has 1 aliphatic heterocycles. The lowest BCUT2D eigenvalue weighted by Crippen LogP contribution is -2.40. The number of thiazole rings is 1. The number of rotatable bonds is 9. The molecule has 0 unspecified atom stereocenters. The Morgan fingerprint density at radius 2 is 1.89 bits per heavy atom. The van der Waals surface area contributed by atoms with E-state index in [1.807, 2.05) is 49.4 Å². The molecule has 7 nitrogen and oxygen atoms in total. The van der Waals surface area contributed by atoms with E-state index in [2.05, 4.69) is 11.6 Å². The van der Waals surface area contributed by atoms with Crippen LogP contribution in [0.4, 0.5) is 0 Å². The topological polar surface area (TPSA) is 79.1 Å². The fraction of sp³-hybridized carbons (Fsp3) is 0.250. The molecular weight excluding hydrogens is 476 g/mol. The lowest BCUT2D eigenvalue weighted by molar-refractivity contribution is -0.139. The second-order valence-corrected chi connectivity index (χ2v) is 8.96. The largest absolute Gasteiger partial charge is 0.490 e. The number of hydrogen-bond donors (Lipinski definition) is 0. The molecule has 186 valence electrons. The fourth-order valence-electron chi connectivity index (χ4n) is 4.04. The summed E-state index contributed by atoms with van der Waals surface area (Å²) in [7, 11) is 0. The third-order valence-electron chi connectivity index (χ3n) is 5.55. The van der Waals surface area contributed by atoms with Crippen LogP contribution in [-0.4, -0.2) is 30.4 Å². The van der Waals surface area contributed by atoms with E-state index in [-0.39, 0.29) is 12.2 Å². The van der Waals surface area contributed by atoms with Gasteiger partial charge in [-0.2, -0.15) is 0 Å². The van der Waals surface area contributed by atoms with Crippen molar-refractivity contribution in [2.45, 2.75) is 26.8 Å². The molecule has 0 fully saturated rings. The van der Waals surface area contributed by atoms with Gasteiger partial charge in [0, 0.05) is 0 Å². The Morgan fingerprint density at radius 1 is 1.11 bits per heavy atom. The second-order valence-electron chi connectivity index (χ2n) is 7.95. The molecule has 36 heavy (non-hydrogen) atoms. The minimum Gasteiger partial charge on any atom is -0.490 e. The predicted molar refractivity (Wildman–Crippen MR) is 140 cm³/mol. The second kappa shape index (κ2) is 11.2. The van der Waals surface area contributed by atoms with Gasteiger partial charge in [-0.15, -0.1) is 0 Å². The van der Waals surface area contributed by atoms with Gasteiger partial charge >= 0.3 is 5.97 Å². The first-order chi connectivity index (χ1) is 17.5. The molecule has 0 spiro atoms. The van der Waals surface area contributed by atoms with Crippen molar-refractivity contribution in [3.05, 3.63) is 103 Å². The number of esters is 1. The first-order valence-electron chi connectivity index (χ1n) is 11.7. The zero-order valence-electron chi connectivity index (χ0n) is 20.5. The highest BCUT2D eigenvalue weighted by molar-refractivity contribution is 7.07. The van der Waals surface area contributed by atoms with Crippen LogP contribution in [0.25, 0.3) is 6.08 Å². The van der Waals surface area contributed by atoms with Crippen molar-refractivity contribution in [3.8, 4) is 11.5 Å². The van der Waals surface area contributed by atoms with Crippen LogP contribution in [-0.2, 0) is 9.53 Å². The Bertz CT molecular complexity index is 1480. The highest BCUT2D eigenvalue weighted by Gasteiger charge is 2.34. The van der Waals surface area contributed by atoms with E-state index in [1.54, 1.807) is 36.6 Å². The van der Waals surface area contributed by atoms with Gasteiger partial charge in [0.15, 0.2) is 16.3 Å². The maximum atomic E-state index is 13.7. The molecule has 4 rings (SSSR count). The van der Waals surface area contributed by atoms with Gasteiger partial charge in [-0.3, -0.25) is 9.36 Å². The molecule has 0 saturated carbocycles. The molecule has 3 aromatic rings. The van der Waals surface area contributed by atoms with E-state index in [0.717, 1.165) is 5.56 Å². The maximum absolute atomic E-state index is 13.7. The third kappa shape index (κ3) is 5.04. The van der Waals surface area contributed by atoms with Gasteiger partial charge < -0.3 is 14.2 Å². The SMILES string of the molecule is C=CCOc1ccc([C@H]2C(C(=O)OCC)=C(C)N=c3s/c(=C/c4ccccc4)c(=O)n32)cc1OCC. The summed E-state index contributed by atoms with van der Waals surface area (Å²) in [4.78, 5) is 31.9. The number of carbonyl (C=O) groups is 1. The summed E-state index contributed by atoms with van der Waals surface area (Å²) in [5.74, 6) is 0.558. The number of carbonyl (C=O) groups excluding carboxylic acids is 1. The Labute approximate surface area is 213 Å². The number of benzene rings is 2. The van der Waals surface area contributed by atoms with E-state index in [9.17, 15) is 9.59 Å². The molecule has 1 aromatic heterocycles. The first-order valence-corrected chi connectivity index (χ1v) is 12.5. The summed E-state index contributed by atoms with van der Waals surface area (Å²) in [5.41, 5.74) is 2.19. The van der Waals surface area contributed by atoms with E-state index >= 15 is 0 Å². The standard InChI is InChI=1S/C28H28N2O5S/c1-5-15-35-21-14-13-20(17-22(21)33-6-2)25-24(27(32)34-7-3)18(4)29-28-30(25)26(31)23(36-28)16-19-11-9-8-10-12-19/h5,8-14,16-17,25H,1,6-7,15H2,2-4H3/b23-16+/t25-/m0/s1. The monoisotopic (exact) mass is 504 g/mol. The van der Waals surface area contributed by atoms with Crippen LogP contribution in [0.3, 0.4) is 0 Å². The fourth-order valence-corrected chi connectivity index (χ4v) is 5.09. The Kier molecular flexibility index (Phi) is 7.85. The van der Waals surface area contributed by atoms with Gasteiger partial charge in [0.25, 0.3) is 5.56 Å². The van der Waals surface area contributed by atoms with Gasteiger partial charge in [0.05, 0.1) is 35.1 Å². The molecule has 0 aliphatic carbocycles. The minimum atomic E-state index is -0.731. The van der Waals surface area contributed by atoms with E-state index in [4.69, 9.17) is 14.2 Å². The van der Waals surface area contributed by atoms with Crippen LogP contribution in [0.1, 0.15) is 37.9 Å². The van der Waals surface area contributed by atoms with Crippen LogP contribution in [0.5, 0.6) is 11.5 Å². The van der Waals surface area contributed by atoms with Gasteiger partial charge in [-0.05, 0) is 50.1 Å². The number of hydrogen-bond acceptors (Lipinski definition) is 7. The normalized spacial score (nSPS) is 15.2. The van der Waals surface area contributed by atoms with Crippen LogP contribution in [0, 0.1) is 0 Å². The van der Waals surface area contributed by atoms with Crippen molar-refractivity contribution in [1.82, 2.24) is 4.57 Å². The summed E-state index contributed by atoms with van der Waals surface area (Å²) in [5, 5.41) is 0. The lowest BCUT2D eigenvalue weighted by atomic mass is 9.95. The van der Waals surface area contributed by atoms with Crippen LogP contribution in [0.15, 0.2) is 82.2 Å². The van der Waals surface area contributed by atoms with Crippen LogP contribution < -0.4 is 24.4 Å². The quantitative estimate of drug-likeness (QED) is 0.328. The third-order valence-corrected chi connectivity index (χ3v) is 6.54. The molecule has 1 atom stereocenters. The van der Waals surface area contributed by atoms with E-state index < -0.39 is 12.0 Å². The Morgan fingerprint density at radius 3 is 2.58 bits per heavy atom. The number of nitrogens with zero attached hydrogens (tertiary/aromatic N) is 2. The molecule has 0 N–H and O–H groups in total. The summed E-state index contributed by atoms with van der Waals surface area (Å²) < 4.78 is 19.0. The van der Waals surface area contributed by atoms with Crippen LogP contribution in [0.2, 0.25) is 0 Å². The molecular formula is C28H28N2O5S. The molecule has 0 radical (unpaired) electrons. The van der Waals surface area contributed by atoms with E-state index in [1.165, 1.54) is 11.3 Å². The van der Waals surface area contributed by atoms with Gasteiger partial charge in [-0.25, -0.2) is 9.79 Å². The summed E-state index contributed by atoms with van der Waals surface area (Å²) in [6.07, 6.45) is 3.49. The Hall–Kier alpha value is -3.91. The van der Waals surface area contributed by atoms with E-state index in [0.29, 0.717) is 50.9 Å². The van der Waals surface area contributed by atoms with Crippen molar-refractivity contribution in [2.24, 2.45) is 4.99 Å². The minimum absolute atomic E-state index is 0.208. The lowest BCUT2D eigenvalue weighted by Gasteiger charge is -2.25. The van der Waals surface area contributed by atoms with Gasteiger partial charge in [0.2, 0.25) is 0 Å². The van der Waals surface area contributed by atoms with Crippen molar-refractivity contribution >= 4 is 23.4 Å². The molecule has 1 aliphatic rings. The molecule has 2 heterocycles. The smallest absolute Gasteiger partial charge is 0.338 e. The van der Waals surface area contributed by atoms with Crippen molar-refractivity contribution in [3.63, 3.8) is 0 Å². The highest BCUT2D eigenvalue weighted by atomic mass is 32.1. The Balaban J connectivity index is 1.94. The van der Waals surface area contributed by atoms with Crippen molar-refractivity contribution in [1.29, 1.82) is 0 Å². The van der Waals surface area contributed by atoms with Gasteiger partial charge in [-0.1, -0.05) is 60.4 Å².